The third kappa shape index (κ3) is 5.55. The molecule has 7 heteroatoms. The van der Waals surface area contributed by atoms with Gasteiger partial charge < -0.3 is 9.64 Å². The molecule has 1 fully saturated rings. The molecule has 6 nitrogen and oxygen atoms in total. The lowest BCUT2D eigenvalue weighted by Crippen LogP contribution is -2.43. The van der Waals surface area contributed by atoms with Gasteiger partial charge in [0.1, 0.15) is 11.5 Å². The molecule has 0 aliphatic carbocycles. The molecule has 27 heavy (non-hydrogen) atoms. The quantitative estimate of drug-likeness (QED) is 0.826. The second-order valence-corrected chi connectivity index (χ2v) is 8.62. The molecule has 144 valence electrons. The van der Waals surface area contributed by atoms with E-state index in [0.717, 1.165) is 19.1 Å². The number of likely N-dealkylation sites (tertiary alicyclic amines) is 1. The fraction of sp³-hybridized carbons (Fsp3) is 0.350. The minimum absolute atomic E-state index is 0.0920. The number of amides is 1. The van der Waals surface area contributed by atoms with E-state index in [9.17, 15) is 13.2 Å². The van der Waals surface area contributed by atoms with Crippen molar-refractivity contribution in [3.05, 3.63) is 60.2 Å². The van der Waals surface area contributed by atoms with Crippen LogP contribution in [0.3, 0.4) is 0 Å². The van der Waals surface area contributed by atoms with E-state index in [1.165, 1.54) is 0 Å². The molecule has 1 saturated heterocycles. The van der Waals surface area contributed by atoms with Gasteiger partial charge in [0.25, 0.3) is 5.91 Å². The maximum Gasteiger partial charge on any atom is 0.257 e. The highest BCUT2D eigenvalue weighted by Crippen LogP contribution is 2.27. The summed E-state index contributed by atoms with van der Waals surface area (Å²) in [5, 5.41) is 0. The Kier molecular flexibility index (Phi) is 6.13. The molecular formula is C20H24N2O4S. The highest BCUT2D eigenvalue weighted by atomic mass is 32.2. The van der Waals surface area contributed by atoms with Crippen LogP contribution in [0.25, 0.3) is 0 Å². The molecule has 0 radical (unpaired) electrons. The van der Waals surface area contributed by atoms with Gasteiger partial charge in [-0.05, 0) is 43.0 Å². The second-order valence-electron chi connectivity index (χ2n) is 6.79. The number of rotatable bonds is 6. The van der Waals surface area contributed by atoms with Crippen LogP contribution in [0, 0.1) is 5.92 Å². The van der Waals surface area contributed by atoms with Crippen LogP contribution in [0.4, 0.5) is 0 Å². The molecule has 0 bridgehead atoms. The monoisotopic (exact) mass is 388 g/mol. The third-order valence-electron chi connectivity index (χ3n) is 4.53. The molecule has 1 heterocycles. The van der Waals surface area contributed by atoms with Crippen LogP contribution < -0.4 is 9.46 Å². The number of sulfonamides is 1. The largest absolute Gasteiger partial charge is 0.457 e. The average Bonchev–Trinajstić information content (AvgIpc) is 2.67. The minimum atomic E-state index is -3.23. The first-order valence-electron chi connectivity index (χ1n) is 8.98. The smallest absolute Gasteiger partial charge is 0.257 e. The summed E-state index contributed by atoms with van der Waals surface area (Å²) in [5.41, 5.74) is 0.512. The number of nitrogens with zero attached hydrogens (tertiary/aromatic N) is 1. The Morgan fingerprint density at radius 2 is 1.85 bits per heavy atom. The Morgan fingerprint density at radius 3 is 2.59 bits per heavy atom. The SMILES string of the molecule is CS(=O)(=O)NCC1CCCN(C(=O)c2ccccc2Oc2ccccc2)C1. The van der Waals surface area contributed by atoms with Crippen molar-refractivity contribution in [1.29, 1.82) is 0 Å². The standard InChI is InChI=1S/C20H24N2O4S/c1-27(24,25)21-14-16-8-7-13-22(15-16)20(23)18-11-5-6-12-19(18)26-17-9-3-2-4-10-17/h2-6,9-12,16,21H,7-8,13-15H2,1H3. The molecule has 1 unspecified atom stereocenters. The van der Waals surface area contributed by atoms with E-state index in [2.05, 4.69) is 4.72 Å². The van der Waals surface area contributed by atoms with Crippen molar-refractivity contribution in [3.8, 4) is 11.5 Å². The van der Waals surface area contributed by atoms with Gasteiger partial charge in [-0.15, -0.1) is 0 Å². The zero-order chi connectivity index (χ0) is 19.3. The molecule has 2 aromatic carbocycles. The second kappa shape index (κ2) is 8.54. The summed E-state index contributed by atoms with van der Waals surface area (Å²) in [7, 11) is -3.23. The van der Waals surface area contributed by atoms with Gasteiger partial charge in [-0.3, -0.25) is 4.79 Å². The van der Waals surface area contributed by atoms with Crippen LogP contribution in [0.2, 0.25) is 0 Å². The maximum atomic E-state index is 13.1. The van der Waals surface area contributed by atoms with Gasteiger partial charge in [-0.2, -0.15) is 0 Å². The van der Waals surface area contributed by atoms with E-state index in [-0.39, 0.29) is 11.8 Å². The molecule has 1 N–H and O–H groups in total. The number of hydrogen-bond donors (Lipinski definition) is 1. The normalized spacial score (nSPS) is 17.5. The first-order valence-corrected chi connectivity index (χ1v) is 10.9. The molecule has 0 spiro atoms. The molecule has 1 amide bonds. The van der Waals surface area contributed by atoms with E-state index in [1.807, 2.05) is 42.5 Å². The zero-order valence-electron chi connectivity index (χ0n) is 15.3. The molecule has 2 aromatic rings. The van der Waals surface area contributed by atoms with E-state index < -0.39 is 10.0 Å². The maximum absolute atomic E-state index is 13.1. The molecule has 1 aliphatic rings. The van der Waals surface area contributed by atoms with E-state index in [0.29, 0.717) is 36.7 Å². The Labute approximate surface area is 160 Å². The Hall–Kier alpha value is -2.38. The van der Waals surface area contributed by atoms with Crippen molar-refractivity contribution in [3.63, 3.8) is 0 Å². The van der Waals surface area contributed by atoms with Crippen molar-refractivity contribution < 1.29 is 17.9 Å². The highest BCUT2D eigenvalue weighted by Gasteiger charge is 2.26. The van der Waals surface area contributed by atoms with Crippen molar-refractivity contribution in [2.24, 2.45) is 5.92 Å². The van der Waals surface area contributed by atoms with E-state index >= 15 is 0 Å². The fourth-order valence-corrected chi connectivity index (χ4v) is 3.74. The van der Waals surface area contributed by atoms with Crippen LogP contribution in [-0.4, -0.2) is 45.1 Å². The first-order chi connectivity index (χ1) is 12.9. The summed E-state index contributed by atoms with van der Waals surface area (Å²) in [4.78, 5) is 14.8. The predicted molar refractivity (Wildman–Crippen MR) is 104 cm³/mol. The predicted octanol–water partition coefficient (Wildman–Crippen LogP) is 2.88. The summed E-state index contributed by atoms with van der Waals surface area (Å²) >= 11 is 0. The molecular weight excluding hydrogens is 364 g/mol. The Morgan fingerprint density at radius 1 is 1.15 bits per heavy atom. The number of para-hydroxylation sites is 2. The fourth-order valence-electron chi connectivity index (χ4n) is 3.20. The highest BCUT2D eigenvalue weighted by molar-refractivity contribution is 7.88. The molecule has 0 aromatic heterocycles. The van der Waals surface area contributed by atoms with Crippen LogP contribution in [-0.2, 0) is 10.0 Å². The van der Waals surface area contributed by atoms with Crippen LogP contribution in [0.1, 0.15) is 23.2 Å². The van der Waals surface area contributed by atoms with Gasteiger partial charge >= 0.3 is 0 Å². The topological polar surface area (TPSA) is 75.7 Å². The number of piperidine rings is 1. The zero-order valence-corrected chi connectivity index (χ0v) is 16.1. The molecule has 3 rings (SSSR count). The van der Waals surface area contributed by atoms with Crippen LogP contribution >= 0.6 is 0 Å². The number of nitrogens with one attached hydrogen (secondary N) is 1. The van der Waals surface area contributed by atoms with Crippen molar-refractivity contribution >= 4 is 15.9 Å². The van der Waals surface area contributed by atoms with Crippen molar-refractivity contribution in [2.45, 2.75) is 12.8 Å². The van der Waals surface area contributed by atoms with Crippen LogP contribution in [0.15, 0.2) is 54.6 Å². The lowest BCUT2D eigenvalue weighted by atomic mass is 9.97. The number of benzene rings is 2. The number of carbonyl (C=O) groups is 1. The lowest BCUT2D eigenvalue weighted by Gasteiger charge is -2.33. The minimum Gasteiger partial charge on any atom is -0.457 e. The molecule has 0 saturated carbocycles. The van der Waals surface area contributed by atoms with Crippen molar-refractivity contribution in [1.82, 2.24) is 9.62 Å². The number of hydrogen-bond acceptors (Lipinski definition) is 4. The summed E-state index contributed by atoms with van der Waals surface area (Å²) in [6, 6.07) is 16.5. The number of ether oxygens (including phenoxy) is 1. The summed E-state index contributed by atoms with van der Waals surface area (Å²) in [6.07, 6.45) is 2.90. The Balaban J connectivity index is 1.72. The van der Waals surface area contributed by atoms with Gasteiger partial charge in [0.2, 0.25) is 10.0 Å². The first kappa shape index (κ1) is 19.4. The molecule has 1 aliphatic heterocycles. The van der Waals surface area contributed by atoms with Gasteiger partial charge in [-0.25, -0.2) is 13.1 Å². The summed E-state index contributed by atoms with van der Waals surface area (Å²) in [6.45, 7) is 1.54. The van der Waals surface area contributed by atoms with Crippen molar-refractivity contribution in [2.75, 3.05) is 25.9 Å². The van der Waals surface area contributed by atoms with Crippen LogP contribution in [0.5, 0.6) is 11.5 Å². The van der Waals surface area contributed by atoms with Gasteiger partial charge in [0.15, 0.2) is 0 Å². The lowest BCUT2D eigenvalue weighted by molar-refractivity contribution is 0.0674. The van der Waals surface area contributed by atoms with Gasteiger partial charge in [0, 0.05) is 19.6 Å². The Bertz CT molecular complexity index is 884. The van der Waals surface area contributed by atoms with Gasteiger partial charge in [0.05, 0.1) is 11.8 Å². The summed E-state index contributed by atoms with van der Waals surface area (Å²) in [5.74, 6) is 1.21. The van der Waals surface area contributed by atoms with E-state index in [1.54, 1.807) is 17.0 Å². The average molecular weight is 388 g/mol. The third-order valence-corrected chi connectivity index (χ3v) is 5.22. The summed E-state index contributed by atoms with van der Waals surface area (Å²) < 4.78 is 31.1. The van der Waals surface area contributed by atoms with Gasteiger partial charge in [-0.1, -0.05) is 30.3 Å². The van der Waals surface area contributed by atoms with E-state index in [4.69, 9.17) is 4.74 Å². The number of carbonyl (C=O) groups excluding carboxylic acids is 1. The molecule has 1 atom stereocenters.